The fraction of sp³-hybridized carbons (Fsp3) is 0.273. The van der Waals surface area contributed by atoms with Gasteiger partial charge >= 0.3 is 5.69 Å². The number of imidazole rings is 1. The summed E-state index contributed by atoms with van der Waals surface area (Å²) in [5.41, 5.74) is 1.64. The van der Waals surface area contributed by atoms with Crippen LogP contribution in [0.4, 0.5) is 5.69 Å². The highest BCUT2D eigenvalue weighted by molar-refractivity contribution is 6.52. The number of rotatable bonds is 2. The first-order valence-electron chi connectivity index (χ1n) is 5.36. The summed E-state index contributed by atoms with van der Waals surface area (Å²) >= 11 is 11.6. The maximum Gasteiger partial charge on any atom is 0.323 e. The number of hydrogen-bond donors (Lipinski definition) is 3. The molecule has 1 aliphatic rings. The van der Waals surface area contributed by atoms with Crippen molar-refractivity contribution in [2.45, 2.75) is 10.8 Å². The number of aromatic amines is 2. The van der Waals surface area contributed by atoms with E-state index < -0.39 is 4.33 Å². The van der Waals surface area contributed by atoms with Gasteiger partial charge in [-0.1, -0.05) is 0 Å². The molecule has 1 aromatic heterocycles. The normalized spacial score (nSPS) is 20.9. The Balaban J connectivity index is 1.82. The molecule has 1 aliphatic carbocycles. The summed E-state index contributed by atoms with van der Waals surface area (Å²) < 4.78 is -0.934. The number of anilines is 1. The molecular formula is C11H9Cl2N3O2. The fourth-order valence-corrected chi connectivity index (χ4v) is 2.34. The molecular weight excluding hydrogens is 277 g/mol. The fourth-order valence-electron chi connectivity index (χ4n) is 1.84. The first kappa shape index (κ1) is 11.6. The van der Waals surface area contributed by atoms with Crippen molar-refractivity contribution in [3.8, 4) is 0 Å². The number of benzene rings is 1. The third-order valence-corrected chi connectivity index (χ3v) is 3.76. The Kier molecular flexibility index (Phi) is 2.43. The summed E-state index contributed by atoms with van der Waals surface area (Å²) in [6.07, 6.45) is 0.463. The van der Waals surface area contributed by atoms with Crippen LogP contribution in [0, 0.1) is 5.92 Å². The van der Waals surface area contributed by atoms with Crippen LogP contribution in [0.1, 0.15) is 6.42 Å². The van der Waals surface area contributed by atoms with E-state index in [0.29, 0.717) is 23.1 Å². The SMILES string of the molecule is O=C(Nc1ccc2[nH]c(=O)[nH]c2c1)C1CC1(Cl)Cl. The quantitative estimate of drug-likeness (QED) is 0.738. The third-order valence-electron chi connectivity index (χ3n) is 2.93. The zero-order valence-corrected chi connectivity index (χ0v) is 10.6. The lowest BCUT2D eigenvalue weighted by atomic mass is 10.2. The molecule has 7 heteroatoms. The Morgan fingerprint density at radius 1 is 1.33 bits per heavy atom. The molecule has 0 radical (unpaired) electrons. The van der Waals surface area contributed by atoms with Crippen LogP contribution in [-0.2, 0) is 4.79 Å². The van der Waals surface area contributed by atoms with Gasteiger partial charge in [0.1, 0.15) is 4.33 Å². The van der Waals surface area contributed by atoms with Gasteiger partial charge in [0.15, 0.2) is 0 Å². The topological polar surface area (TPSA) is 77.8 Å². The van der Waals surface area contributed by atoms with E-state index in [9.17, 15) is 9.59 Å². The molecule has 1 atom stereocenters. The second-order valence-electron chi connectivity index (χ2n) is 4.35. The second kappa shape index (κ2) is 3.76. The van der Waals surface area contributed by atoms with Gasteiger partial charge in [0, 0.05) is 5.69 Å². The van der Waals surface area contributed by atoms with Crippen LogP contribution in [0.25, 0.3) is 11.0 Å². The number of nitrogens with one attached hydrogen (secondary N) is 3. The van der Waals surface area contributed by atoms with E-state index in [-0.39, 0.29) is 17.5 Å². The molecule has 94 valence electrons. The molecule has 1 unspecified atom stereocenters. The van der Waals surface area contributed by atoms with E-state index in [1.165, 1.54) is 0 Å². The van der Waals surface area contributed by atoms with Crippen molar-refractivity contribution in [3.63, 3.8) is 0 Å². The van der Waals surface area contributed by atoms with Crippen molar-refractivity contribution in [3.05, 3.63) is 28.7 Å². The second-order valence-corrected chi connectivity index (χ2v) is 5.89. The molecule has 1 fully saturated rings. The average molecular weight is 286 g/mol. The number of carbonyl (C=O) groups excluding carboxylic acids is 1. The molecule has 0 aliphatic heterocycles. The Labute approximate surface area is 111 Å². The van der Waals surface area contributed by atoms with E-state index >= 15 is 0 Å². The van der Waals surface area contributed by atoms with E-state index in [2.05, 4.69) is 15.3 Å². The van der Waals surface area contributed by atoms with Gasteiger partial charge in [-0.05, 0) is 24.6 Å². The first-order chi connectivity index (χ1) is 8.45. The predicted molar refractivity (Wildman–Crippen MR) is 70.1 cm³/mol. The minimum absolute atomic E-state index is 0.211. The van der Waals surface area contributed by atoms with E-state index in [1.807, 2.05) is 0 Å². The van der Waals surface area contributed by atoms with Gasteiger partial charge in [0.2, 0.25) is 5.91 Å². The van der Waals surface area contributed by atoms with Gasteiger partial charge < -0.3 is 15.3 Å². The van der Waals surface area contributed by atoms with Gasteiger partial charge in [-0.15, -0.1) is 23.2 Å². The lowest BCUT2D eigenvalue weighted by molar-refractivity contribution is -0.117. The Morgan fingerprint density at radius 3 is 2.67 bits per heavy atom. The molecule has 1 aromatic carbocycles. The van der Waals surface area contributed by atoms with Crippen LogP contribution in [0.5, 0.6) is 0 Å². The van der Waals surface area contributed by atoms with Crippen LogP contribution in [0.3, 0.4) is 0 Å². The lowest BCUT2D eigenvalue weighted by Gasteiger charge is -2.04. The maximum atomic E-state index is 11.8. The van der Waals surface area contributed by atoms with Gasteiger partial charge in [-0.25, -0.2) is 4.79 Å². The summed E-state index contributed by atoms with van der Waals surface area (Å²) in [6.45, 7) is 0. The largest absolute Gasteiger partial charge is 0.326 e. The molecule has 2 aromatic rings. The molecule has 0 spiro atoms. The molecule has 18 heavy (non-hydrogen) atoms. The van der Waals surface area contributed by atoms with Crippen molar-refractivity contribution in [2.75, 3.05) is 5.32 Å². The summed E-state index contributed by atoms with van der Waals surface area (Å²) in [7, 11) is 0. The molecule has 5 nitrogen and oxygen atoms in total. The predicted octanol–water partition coefficient (Wildman–Crippen LogP) is 1.99. The lowest BCUT2D eigenvalue weighted by Crippen LogP contribution is -2.16. The molecule has 3 rings (SSSR count). The van der Waals surface area contributed by atoms with Gasteiger partial charge in [0.25, 0.3) is 0 Å². The van der Waals surface area contributed by atoms with Crippen LogP contribution >= 0.6 is 23.2 Å². The number of aromatic nitrogens is 2. The van der Waals surface area contributed by atoms with E-state index in [4.69, 9.17) is 23.2 Å². The number of alkyl halides is 2. The number of amides is 1. The molecule has 1 saturated carbocycles. The molecule has 1 heterocycles. The van der Waals surface area contributed by atoms with Crippen molar-refractivity contribution in [1.29, 1.82) is 0 Å². The standard InChI is InChI=1S/C11H9Cl2N3O2/c12-11(13)4-6(11)9(17)14-5-1-2-7-8(3-5)16-10(18)15-7/h1-3,6H,4H2,(H,14,17)(H2,15,16,18). The smallest absolute Gasteiger partial charge is 0.323 e. The molecule has 1 amide bonds. The highest BCUT2D eigenvalue weighted by Crippen LogP contribution is 2.53. The highest BCUT2D eigenvalue weighted by Gasteiger charge is 2.56. The van der Waals surface area contributed by atoms with Crippen molar-refractivity contribution in [1.82, 2.24) is 9.97 Å². The van der Waals surface area contributed by atoms with Crippen LogP contribution < -0.4 is 11.0 Å². The summed E-state index contributed by atoms with van der Waals surface area (Å²) in [5, 5.41) is 2.72. The monoisotopic (exact) mass is 285 g/mol. The number of hydrogen-bond acceptors (Lipinski definition) is 2. The van der Waals surface area contributed by atoms with Crippen molar-refractivity contribution in [2.24, 2.45) is 5.92 Å². The van der Waals surface area contributed by atoms with Crippen LogP contribution in [0.2, 0.25) is 0 Å². The summed E-state index contributed by atoms with van der Waals surface area (Å²) in [5.74, 6) is -0.584. The van der Waals surface area contributed by atoms with Gasteiger partial charge in [-0.3, -0.25) is 4.79 Å². The zero-order valence-electron chi connectivity index (χ0n) is 9.09. The minimum Gasteiger partial charge on any atom is -0.326 e. The molecule has 0 bridgehead atoms. The number of carbonyl (C=O) groups is 1. The van der Waals surface area contributed by atoms with Gasteiger partial charge in [-0.2, -0.15) is 0 Å². The first-order valence-corrected chi connectivity index (χ1v) is 6.12. The number of H-pyrrole nitrogens is 2. The highest BCUT2D eigenvalue weighted by atomic mass is 35.5. The van der Waals surface area contributed by atoms with Crippen molar-refractivity contribution < 1.29 is 4.79 Å². The van der Waals surface area contributed by atoms with Gasteiger partial charge in [0.05, 0.1) is 17.0 Å². The average Bonchev–Trinajstić information content (AvgIpc) is 2.77. The van der Waals surface area contributed by atoms with E-state index in [1.54, 1.807) is 18.2 Å². The Hall–Kier alpha value is -1.46. The maximum absolute atomic E-state index is 11.8. The molecule has 0 saturated heterocycles. The Bertz CT molecular complexity index is 689. The number of halogens is 2. The van der Waals surface area contributed by atoms with E-state index in [0.717, 1.165) is 0 Å². The number of fused-ring (bicyclic) bond motifs is 1. The third kappa shape index (κ3) is 2.00. The molecule has 3 N–H and O–H groups in total. The van der Waals surface area contributed by atoms with Crippen molar-refractivity contribution >= 4 is 45.8 Å². The zero-order chi connectivity index (χ0) is 12.9. The summed E-state index contributed by atoms with van der Waals surface area (Å²) in [6, 6.07) is 5.10. The summed E-state index contributed by atoms with van der Waals surface area (Å²) in [4.78, 5) is 28.1. The Morgan fingerprint density at radius 2 is 2.00 bits per heavy atom. The minimum atomic E-state index is -0.934. The van der Waals surface area contributed by atoms with Crippen LogP contribution in [0.15, 0.2) is 23.0 Å². The van der Waals surface area contributed by atoms with Crippen LogP contribution in [-0.4, -0.2) is 20.2 Å².